The van der Waals surface area contributed by atoms with Crippen molar-refractivity contribution >= 4 is 11.9 Å². The summed E-state index contributed by atoms with van der Waals surface area (Å²) in [6.45, 7) is 10.8. The van der Waals surface area contributed by atoms with Crippen LogP contribution in [0.25, 0.3) is 0 Å². The van der Waals surface area contributed by atoms with Crippen LogP contribution in [0.5, 0.6) is 0 Å². The van der Waals surface area contributed by atoms with E-state index in [9.17, 15) is 0 Å². The Hall–Kier alpha value is -1.89. The number of hydrogen-bond donors (Lipinski definition) is 1. The Morgan fingerprint density at radius 1 is 1.12 bits per heavy atom. The molecule has 1 N–H and O–H groups in total. The number of rotatable bonds is 5. The van der Waals surface area contributed by atoms with Crippen LogP contribution < -0.4 is 10.2 Å². The highest BCUT2D eigenvalue weighted by molar-refractivity contribution is 5.80. The largest absolute Gasteiger partial charge is 0.356 e. The monoisotopic (exact) mass is 345 g/mol. The molecule has 0 aliphatic carbocycles. The van der Waals surface area contributed by atoms with Gasteiger partial charge in [0.05, 0.1) is 0 Å². The Morgan fingerprint density at radius 2 is 1.80 bits per heavy atom. The van der Waals surface area contributed by atoms with Crippen LogP contribution in [0.4, 0.5) is 5.95 Å². The lowest BCUT2D eigenvalue weighted by Crippen LogP contribution is -2.53. The molecule has 0 bridgehead atoms. The van der Waals surface area contributed by atoms with Crippen LogP contribution in [0.1, 0.15) is 19.8 Å². The molecular weight excluding hydrogens is 314 g/mol. The van der Waals surface area contributed by atoms with Crippen molar-refractivity contribution in [1.82, 2.24) is 25.1 Å². The predicted molar refractivity (Wildman–Crippen MR) is 102 cm³/mol. The summed E-state index contributed by atoms with van der Waals surface area (Å²) in [4.78, 5) is 20.3. The molecule has 2 aliphatic rings. The number of hydrogen-bond acceptors (Lipinski definition) is 5. The van der Waals surface area contributed by atoms with Gasteiger partial charge < -0.3 is 20.0 Å². The Bertz CT molecular complexity index is 534. The van der Waals surface area contributed by atoms with Gasteiger partial charge in [-0.2, -0.15) is 0 Å². The zero-order valence-corrected chi connectivity index (χ0v) is 15.6. The lowest BCUT2D eigenvalue weighted by Gasteiger charge is -2.36. The first-order valence-electron chi connectivity index (χ1n) is 9.46. The van der Waals surface area contributed by atoms with Gasteiger partial charge in [0.15, 0.2) is 5.96 Å². The van der Waals surface area contributed by atoms with E-state index in [0.717, 1.165) is 44.6 Å². The van der Waals surface area contributed by atoms with Gasteiger partial charge in [-0.25, -0.2) is 9.97 Å². The number of anilines is 1. The van der Waals surface area contributed by atoms with Crippen molar-refractivity contribution in [2.24, 2.45) is 10.9 Å². The van der Waals surface area contributed by atoms with Crippen LogP contribution in [0, 0.1) is 5.92 Å². The van der Waals surface area contributed by atoms with Crippen molar-refractivity contribution in [3.05, 3.63) is 18.5 Å². The molecule has 1 aromatic heterocycles. The first kappa shape index (κ1) is 17.9. The molecule has 1 aromatic rings. The lowest BCUT2D eigenvalue weighted by atomic mass is 10.1. The molecule has 1 unspecified atom stereocenters. The Labute approximate surface area is 151 Å². The first-order chi connectivity index (χ1) is 12.3. The van der Waals surface area contributed by atoms with Gasteiger partial charge >= 0.3 is 0 Å². The van der Waals surface area contributed by atoms with Crippen LogP contribution in [0.3, 0.4) is 0 Å². The van der Waals surface area contributed by atoms with Crippen molar-refractivity contribution in [2.75, 3.05) is 64.3 Å². The van der Waals surface area contributed by atoms with Gasteiger partial charge in [0.25, 0.3) is 0 Å². The molecule has 1 atom stereocenters. The maximum absolute atomic E-state index is 4.48. The molecule has 0 aromatic carbocycles. The summed E-state index contributed by atoms with van der Waals surface area (Å²) in [7, 11) is 1.88. The van der Waals surface area contributed by atoms with E-state index in [0.29, 0.717) is 5.92 Å². The minimum Gasteiger partial charge on any atom is -0.356 e. The second kappa shape index (κ2) is 8.99. The smallest absolute Gasteiger partial charge is 0.225 e. The van der Waals surface area contributed by atoms with E-state index >= 15 is 0 Å². The van der Waals surface area contributed by atoms with E-state index in [2.05, 4.69) is 41.9 Å². The molecule has 2 saturated heterocycles. The zero-order chi connectivity index (χ0) is 17.5. The number of nitrogens with one attached hydrogen (secondary N) is 1. The summed E-state index contributed by atoms with van der Waals surface area (Å²) < 4.78 is 0. The normalized spacial score (nSPS) is 20.8. The van der Waals surface area contributed by atoms with E-state index < -0.39 is 0 Å². The van der Waals surface area contributed by atoms with E-state index in [-0.39, 0.29) is 0 Å². The van der Waals surface area contributed by atoms with Gasteiger partial charge in [-0.05, 0) is 37.9 Å². The fourth-order valence-electron chi connectivity index (χ4n) is 3.64. The minimum absolute atomic E-state index is 0.633. The summed E-state index contributed by atoms with van der Waals surface area (Å²) >= 11 is 0. The van der Waals surface area contributed by atoms with E-state index in [1.807, 2.05) is 13.1 Å². The summed E-state index contributed by atoms with van der Waals surface area (Å²) in [6, 6.07) is 1.86. The molecule has 25 heavy (non-hydrogen) atoms. The highest BCUT2D eigenvalue weighted by Gasteiger charge is 2.21. The average Bonchev–Trinajstić information content (AvgIpc) is 3.16. The number of piperazine rings is 1. The predicted octanol–water partition coefficient (Wildman–Crippen LogP) is 0.906. The quantitative estimate of drug-likeness (QED) is 0.632. The van der Waals surface area contributed by atoms with E-state index in [4.69, 9.17) is 0 Å². The third-order valence-corrected chi connectivity index (χ3v) is 5.00. The van der Waals surface area contributed by atoms with Crippen molar-refractivity contribution in [3.63, 3.8) is 0 Å². The van der Waals surface area contributed by atoms with Gasteiger partial charge in [0.2, 0.25) is 5.95 Å². The topological polar surface area (TPSA) is 59.9 Å². The fraction of sp³-hybridized carbons (Fsp3) is 0.722. The van der Waals surface area contributed by atoms with Gasteiger partial charge in [-0.1, -0.05) is 6.92 Å². The maximum Gasteiger partial charge on any atom is 0.225 e. The van der Waals surface area contributed by atoms with Crippen LogP contribution in [-0.2, 0) is 0 Å². The van der Waals surface area contributed by atoms with E-state index in [1.54, 1.807) is 12.4 Å². The second-order valence-corrected chi connectivity index (χ2v) is 7.06. The molecule has 138 valence electrons. The van der Waals surface area contributed by atoms with Crippen molar-refractivity contribution < 1.29 is 0 Å². The second-order valence-electron chi connectivity index (χ2n) is 7.06. The highest BCUT2D eigenvalue weighted by Crippen LogP contribution is 2.11. The van der Waals surface area contributed by atoms with Crippen molar-refractivity contribution in [2.45, 2.75) is 19.8 Å². The summed E-state index contributed by atoms with van der Waals surface area (Å²) in [6.07, 6.45) is 6.32. The molecule has 7 heteroatoms. The third-order valence-electron chi connectivity index (χ3n) is 5.00. The van der Waals surface area contributed by atoms with Gasteiger partial charge in [0, 0.05) is 58.7 Å². The molecule has 7 nitrogen and oxygen atoms in total. The molecule has 0 amide bonds. The van der Waals surface area contributed by atoms with Crippen LogP contribution in [0.15, 0.2) is 23.5 Å². The molecule has 0 radical (unpaired) electrons. The molecule has 0 spiro atoms. The summed E-state index contributed by atoms with van der Waals surface area (Å²) in [5.41, 5.74) is 0. The summed E-state index contributed by atoms with van der Waals surface area (Å²) in [5, 5.41) is 3.57. The zero-order valence-electron chi connectivity index (χ0n) is 15.6. The van der Waals surface area contributed by atoms with E-state index in [1.165, 1.54) is 32.5 Å². The van der Waals surface area contributed by atoms with Crippen molar-refractivity contribution in [3.8, 4) is 0 Å². The summed E-state index contributed by atoms with van der Waals surface area (Å²) in [5.74, 6) is 2.47. The fourth-order valence-corrected chi connectivity index (χ4v) is 3.64. The van der Waals surface area contributed by atoms with Gasteiger partial charge in [0.1, 0.15) is 0 Å². The van der Waals surface area contributed by atoms with Crippen LogP contribution in [0.2, 0.25) is 0 Å². The number of aromatic nitrogens is 2. The SMILES string of the molecule is CN=C(NCC(C)CN1CCCC1)N1CCN(c2ncccn2)CC1. The number of guanidine groups is 1. The minimum atomic E-state index is 0.633. The molecular formula is C18H31N7. The third kappa shape index (κ3) is 5.04. The number of likely N-dealkylation sites (tertiary alicyclic amines) is 1. The maximum atomic E-state index is 4.48. The van der Waals surface area contributed by atoms with Gasteiger partial charge in [-0.3, -0.25) is 4.99 Å². The van der Waals surface area contributed by atoms with Crippen LogP contribution in [-0.4, -0.2) is 85.1 Å². The highest BCUT2D eigenvalue weighted by atomic mass is 15.4. The lowest BCUT2D eigenvalue weighted by molar-refractivity contribution is 0.285. The van der Waals surface area contributed by atoms with Crippen LogP contribution >= 0.6 is 0 Å². The number of aliphatic imine (C=N–C) groups is 1. The molecule has 2 fully saturated rings. The average molecular weight is 345 g/mol. The van der Waals surface area contributed by atoms with Crippen molar-refractivity contribution in [1.29, 1.82) is 0 Å². The molecule has 3 rings (SSSR count). The van der Waals surface area contributed by atoms with Gasteiger partial charge in [-0.15, -0.1) is 0 Å². The Kier molecular flexibility index (Phi) is 6.44. The molecule has 3 heterocycles. The standard InChI is InChI=1S/C18H31N7/c1-16(15-23-8-3-4-9-23)14-22-17(19-2)24-10-12-25(13-11-24)18-20-6-5-7-21-18/h5-7,16H,3-4,8-15H2,1-2H3,(H,19,22). The Morgan fingerprint density at radius 3 is 2.44 bits per heavy atom. The number of nitrogens with zero attached hydrogens (tertiary/aromatic N) is 6. The molecule has 2 aliphatic heterocycles. The first-order valence-corrected chi connectivity index (χ1v) is 9.46. The molecule has 0 saturated carbocycles. The Balaban J connectivity index is 1.43.